The topological polar surface area (TPSA) is 75.0 Å². The Hall–Kier alpha value is -2.37. The number of nitrogens with one attached hydrogen (secondary N) is 1. The van der Waals surface area contributed by atoms with E-state index in [0.29, 0.717) is 17.7 Å². The van der Waals surface area contributed by atoms with Crippen LogP contribution in [-0.4, -0.2) is 28.1 Å². The summed E-state index contributed by atoms with van der Waals surface area (Å²) in [6.07, 6.45) is 0.665. The standard InChI is InChI=1S/C15H19FN4O/c1-4-12-13(17)14(19-18-12)15(21)20(3)9(2)10-7-5-6-8-11(10)16/h5-9H,4,17H2,1-3H3,(H,18,19). The quantitative estimate of drug-likeness (QED) is 0.908. The molecule has 0 aliphatic heterocycles. The van der Waals surface area contributed by atoms with Gasteiger partial charge < -0.3 is 10.6 Å². The lowest BCUT2D eigenvalue weighted by Crippen LogP contribution is -2.31. The Morgan fingerprint density at radius 2 is 2.14 bits per heavy atom. The first-order valence-corrected chi connectivity index (χ1v) is 6.81. The minimum atomic E-state index is -0.417. The van der Waals surface area contributed by atoms with Crippen molar-refractivity contribution in [3.8, 4) is 0 Å². The number of hydrogen-bond donors (Lipinski definition) is 2. The molecule has 0 saturated carbocycles. The van der Waals surface area contributed by atoms with Gasteiger partial charge in [0.2, 0.25) is 0 Å². The normalized spacial score (nSPS) is 12.2. The van der Waals surface area contributed by atoms with Crippen LogP contribution in [0.15, 0.2) is 24.3 Å². The number of carbonyl (C=O) groups is 1. The van der Waals surface area contributed by atoms with Crippen LogP contribution < -0.4 is 5.73 Å². The number of nitrogens with zero attached hydrogens (tertiary/aromatic N) is 2. The van der Waals surface area contributed by atoms with E-state index in [1.807, 2.05) is 6.92 Å². The number of amides is 1. The molecule has 2 rings (SSSR count). The molecule has 0 saturated heterocycles. The average molecular weight is 290 g/mol. The maximum absolute atomic E-state index is 13.8. The molecular weight excluding hydrogens is 271 g/mol. The lowest BCUT2D eigenvalue weighted by atomic mass is 10.1. The predicted molar refractivity (Wildman–Crippen MR) is 79.3 cm³/mol. The first-order chi connectivity index (χ1) is 9.97. The van der Waals surface area contributed by atoms with E-state index < -0.39 is 6.04 Å². The van der Waals surface area contributed by atoms with E-state index in [4.69, 9.17) is 5.73 Å². The summed E-state index contributed by atoms with van der Waals surface area (Å²) in [6.45, 7) is 3.68. The van der Waals surface area contributed by atoms with Crippen molar-refractivity contribution in [2.24, 2.45) is 0 Å². The molecular formula is C15H19FN4O. The Morgan fingerprint density at radius 1 is 1.48 bits per heavy atom. The number of carbonyl (C=O) groups excluding carboxylic acids is 1. The third-order valence-corrected chi connectivity index (χ3v) is 3.70. The molecule has 1 unspecified atom stereocenters. The number of aryl methyl sites for hydroxylation is 1. The Morgan fingerprint density at radius 3 is 2.71 bits per heavy atom. The van der Waals surface area contributed by atoms with Crippen LogP contribution in [-0.2, 0) is 6.42 Å². The fourth-order valence-corrected chi connectivity index (χ4v) is 2.18. The van der Waals surface area contributed by atoms with E-state index in [0.717, 1.165) is 5.69 Å². The molecule has 0 spiro atoms. The highest BCUT2D eigenvalue weighted by Crippen LogP contribution is 2.24. The number of halogens is 1. The van der Waals surface area contributed by atoms with Crippen LogP contribution in [0.5, 0.6) is 0 Å². The minimum absolute atomic E-state index is 0.178. The number of nitrogen functional groups attached to an aromatic ring is 1. The van der Waals surface area contributed by atoms with Crippen LogP contribution in [0.2, 0.25) is 0 Å². The van der Waals surface area contributed by atoms with Gasteiger partial charge in [0, 0.05) is 12.6 Å². The van der Waals surface area contributed by atoms with Crippen molar-refractivity contribution in [3.05, 3.63) is 47.0 Å². The highest BCUT2D eigenvalue weighted by Gasteiger charge is 2.25. The van der Waals surface area contributed by atoms with E-state index in [1.54, 1.807) is 32.2 Å². The molecule has 2 aromatic rings. The van der Waals surface area contributed by atoms with Gasteiger partial charge >= 0.3 is 0 Å². The molecule has 0 bridgehead atoms. The molecule has 6 heteroatoms. The molecule has 0 aliphatic rings. The summed E-state index contributed by atoms with van der Waals surface area (Å²) in [6, 6.07) is 5.98. The highest BCUT2D eigenvalue weighted by molar-refractivity contribution is 5.97. The highest BCUT2D eigenvalue weighted by atomic mass is 19.1. The fraction of sp³-hybridized carbons (Fsp3) is 0.333. The number of aromatic nitrogens is 2. The van der Waals surface area contributed by atoms with Crippen LogP contribution >= 0.6 is 0 Å². The molecule has 1 aromatic carbocycles. The van der Waals surface area contributed by atoms with Gasteiger partial charge in [-0.1, -0.05) is 25.1 Å². The molecule has 1 heterocycles. The third kappa shape index (κ3) is 2.74. The molecule has 21 heavy (non-hydrogen) atoms. The summed E-state index contributed by atoms with van der Waals surface area (Å²) in [4.78, 5) is 13.9. The number of hydrogen-bond acceptors (Lipinski definition) is 3. The van der Waals surface area contributed by atoms with Crippen molar-refractivity contribution in [1.82, 2.24) is 15.1 Å². The second kappa shape index (κ2) is 5.95. The van der Waals surface area contributed by atoms with E-state index in [2.05, 4.69) is 10.2 Å². The molecule has 1 atom stereocenters. The first-order valence-electron chi connectivity index (χ1n) is 6.81. The maximum Gasteiger partial charge on any atom is 0.276 e. The maximum atomic E-state index is 13.8. The van der Waals surface area contributed by atoms with Gasteiger partial charge in [0.15, 0.2) is 5.69 Å². The van der Waals surface area contributed by atoms with E-state index >= 15 is 0 Å². The van der Waals surface area contributed by atoms with Crippen molar-refractivity contribution in [1.29, 1.82) is 0 Å². The van der Waals surface area contributed by atoms with Crippen LogP contribution in [0.3, 0.4) is 0 Å². The third-order valence-electron chi connectivity index (χ3n) is 3.70. The van der Waals surface area contributed by atoms with Gasteiger partial charge in [0.05, 0.1) is 17.4 Å². The van der Waals surface area contributed by atoms with Crippen molar-refractivity contribution in [3.63, 3.8) is 0 Å². The van der Waals surface area contributed by atoms with E-state index in [-0.39, 0.29) is 17.4 Å². The average Bonchev–Trinajstić information content (AvgIpc) is 2.86. The Balaban J connectivity index is 2.27. The number of benzene rings is 1. The van der Waals surface area contributed by atoms with Gasteiger partial charge in [-0.3, -0.25) is 9.89 Å². The van der Waals surface area contributed by atoms with Crippen LogP contribution in [0, 0.1) is 5.82 Å². The van der Waals surface area contributed by atoms with Crippen LogP contribution in [0.25, 0.3) is 0 Å². The SMILES string of the molecule is CCc1[nH]nc(C(=O)N(C)C(C)c2ccccc2F)c1N. The van der Waals surface area contributed by atoms with E-state index in [1.165, 1.54) is 11.0 Å². The summed E-state index contributed by atoms with van der Waals surface area (Å²) in [5, 5.41) is 6.72. The second-order valence-electron chi connectivity index (χ2n) is 4.93. The van der Waals surface area contributed by atoms with Crippen molar-refractivity contribution in [2.75, 3.05) is 12.8 Å². The number of H-pyrrole nitrogens is 1. The first kappa shape index (κ1) is 15.0. The predicted octanol–water partition coefficient (Wildman–Crippen LogP) is 2.53. The lowest BCUT2D eigenvalue weighted by Gasteiger charge is -2.25. The van der Waals surface area contributed by atoms with E-state index in [9.17, 15) is 9.18 Å². The number of anilines is 1. The van der Waals surface area contributed by atoms with Gasteiger partial charge in [-0.05, 0) is 19.4 Å². The molecule has 5 nitrogen and oxygen atoms in total. The number of rotatable bonds is 4. The summed E-state index contributed by atoms with van der Waals surface area (Å²) in [5.74, 6) is -0.673. The second-order valence-corrected chi connectivity index (χ2v) is 4.93. The fourth-order valence-electron chi connectivity index (χ4n) is 2.18. The van der Waals surface area contributed by atoms with Gasteiger partial charge in [-0.25, -0.2) is 4.39 Å². The summed E-state index contributed by atoms with van der Waals surface area (Å²) < 4.78 is 13.8. The smallest absolute Gasteiger partial charge is 0.276 e. The molecule has 3 N–H and O–H groups in total. The van der Waals surface area contributed by atoms with Gasteiger partial charge in [-0.15, -0.1) is 0 Å². The molecule has 1 aromatic heterocycles. The summed E-state index contributed by atoms with van der Waals surface area (Å²) in [7, 11) is 1.61. The molecule has 112 valence electrons. The van der Waals surface area contributed by atoms with Gasteiger partial charge in [0.1, 0.15) is 5.82 Å². The van der Waals surface area contributed by atoms with Gasteiger partial charge in [-0.2, -0.15) is 5.10 Å². The Labute approximate surface area is 123 Å². The van der Waals surface area contributed by atoms with Crippen molar-refractivity contribution in [2.45, 2.75) is 26.3 Å². The Kier molecular flexibility index (Phi) is 4.26. The Bertz CT molecular complexity index is 653. The zero-order chi connectivity index (χ0) is 15.6. The minimum Gasteiger partial charge on any atom is -0.395 e. The monoisotopic (exact) mass is 290 g/mol. The molecule has 0 radical (unpaired) electrons. The number of nitrogens with two attached hydrogens (primary N) is 1. The van der Waals surface area contributed by atoms with Crippen molar-refractivity contribution >= 4 is 11.6 Å². The number of aromatic amines is 1. The van der Waals surface area contributed by atoms with Crippen molar-refractivity contribution < 1.29 is 9.18 Å². The van der Waals surface area contributed by atoms with Crippen LogP contribution in [0.1, 0.15) is 41.6 Å². The lowest BCUT2D eigenvalue weighted by molar-refractivity contribution is 0.0735. The molecule has 1 amide bonds. The largest absolute Gasteiger partial charge is 0.395 e. The summed E-state index contributed by atoms with van der Waals surface area (Å²) in [5.41, 5.74) is 7.62. The summed E-state index contributed by atoms with van der Waals surface area (Å²) >= 11 is 0. The van der Waals surface area contributed by atoms with Gasteiger partial charge in [0.25, 0.3) is 5.91 Å². The molecule has 0 fully saturated rings. The zero-order valence-electron chi connectivity index (χ0n) is 12.4. The zero-order valence-corrected chi connectivity index (χ0v) is 12.4. The van der Waals surface area contributed by atoms with Crippen LogP contribution in [0.4, 0.5) is 10.1 Å². The molecule has 0 aliphatic carbocycles.